The van der Waals surface area contributed by atoms with E-state index in [1.807, 2.05) is 30.3 Å². The Hall–Kier alpha value is -3.18. The highest BCUT2D eigenvalue weighted by atomic mass is 79.9. The standard InChI is InChI=1S/C17H12BrN5O2/c18-12-1-5-14(6-2-12)25-15-7-3-13(4-8-15)21-17(24)10-23-11-20-16(9-19)22-23/h1-8,11H,10H2,(H,21,24). The number of ether oxygens (including phenoxy) is 1. The van der Waals surface area contributed by atoms with Crippen LogP contribution in [0.5, 0.6) is 11.5 Å². The van der Waals surface area contributed by atoms with Gasteiger partial charge in [-0.2, -0.15) is 5.26 Å². The van der Waals surface area contributed by atoms with Gasteiger partial charge in [0.05, 0.1) is 0 Å². The first-order valence-electron chi connectivity index (χ1n) is 7.25. The number of carbonyl (C=O) groups is 1. The van der Waals surface area contributed by atoms with Gasteiger partial charge in [0.15, 0.2) is 0 Å². The molecule has 0 aliphatic heterocycles. The van der Waals surface area contributed by atoms with Gasteiger partial charge in [0, 0.05) is 10.2 Å². The van der Waals surface area contributed by atoms with Crippen molar-refractivity contribution in [2.75, 3.05) is 5.32 Å². The van der Waals surface area contributed by atoms with E-state index in [0.717, 1.165) is 10.2 Å². The number of benzene rings is 2. The van der Waals surface area contributed by atoms with Crippen molar-refractivity contribution >= 4 is 27.5 Å². The number of halogens is 1. The van der Waals surface area contributed by atoms with Crippen LogP contribution in [0.1, 0.15) is 5.82 Å². The van der Waals surface area contributed by atoms with Crippen LogP contribution in [-0.2, 0) is 11.3 Å². The van der Waals surface area contributed by atoms with Crippen molar-refractivity contribution in [3.05, 3.63) is 65.2 Å². The van der Waals surface area contributed by atoms with Crippen molar-refractivity contribution in [3.8, 4) is 17.6 Å². The van der Waals surface area contributed by atoms with Gasteiger partial charge in [0.2, 0.25) is 5.91 Å². The molecule has 3 rings (SSSR count). The van der Waals surface area contributed by atoms with Gasteiger partial charge in [-0.15, -0.1) is 5.10 Å². The number of nitrogens with one attached hydrogen (secondary N) is 1. The summed E-state index contributed by atoms with van der Waals surface area (Å²) in [7, 11) is 0. The first-order valence-corrected chi connectivity index (χ1v) is 8.04. The number of anilines is 1. The van der Waals surface area contributed by atoms with Gasteiger partial charge >= 0.3 is 0 Å². The maximum atomic E-state index is 12.0. The first-order chi connectivity index (χ1) is 12.1. The van der Waals surface area contributed by atoms with Crippen molar-refractivity contribution in [2.45, 2.75) is 6.54 Å². The number of carbonyl (C=O) groups excluding carboxylic acids is 1. The number of amides is 1. The van der Waals surface area contributed by atoms with Crippen molar-refractivity contribution in [1.82, 2.24) is 14.8 Å². The van der Waals surface area contributed by atoms with E-state index in [0.29, 0.717) is 11.4 Å². The van der Waals surface area contributed by atoms with E-state index in [9.17, 15) is 4.79 Å². The SMILES string of the molecule is N#Cc1ncn(CC(=O)Nc2ccc(Oc3ccc(Br)cc3)cc2)n1. The highest BCUT2D eigenvalue weighted by molar-refractivity contribution is 9.10. The minimum atomic E-state index is -0.268. The number of hydrogen-bond acceptors (Lipinski definition) is 5. The lowest BCUT2D eigenvalue weighted by molar-refractivity contribution is -0.116. The monoisotopic (exact) mass is 397 g/mol. The van der Waals surface area contributed by atoms with Crippen molar-refractivity contribution in [1.29, 1.82) is 5.26 Å². The van der Waals surface area contributed by atoms with Gasteiger partial charge in [-0.25, -0.2) is 9.67 Å². The zero-order valence-electron chi connectivity index (χ0n) is 12.9. The number of aromatic nitrogens is 3. The molecule has 0 saturated carbocycles. The van der Waals surface area contributed by atoms with Crippen LogP contribution in [-0.4, -0.2) is 20.7 Å². The second-order valence-electron chi connectivity index (χ2n) is 5.01. The summed E-state index contributed by atoms with van der Waals surface area (Å²) in [5, 5.41) is 15.2. The second kappa shape index (κ2) is 7.59. The average molecular weight is 398 g/mol. The highest BCUT2D eigenvalue weighted by Crippen LogP contribution is 2.24. The van der Waals surface area contributed by atoms with Crippen LogP contribution in [0.4, 0.5) is 5.69 Å². The molecule has 124 valence electrons. The zero-order chi connectivity index (χ0) is 17.6. The minimum absolute atomic E-state index is 0.0220. The Morgan fingerprint density at radius 1 is 1.16 bits per heavy atom. The lowest BCUT2D eigenvalue weighted by atomic mass is 10.3. The van der Waals surface area contributed by atoms with Gasteiger partial charge in [-0.3, -0.25) is 4.79 Å². The van der Waals surface area contributed by atoms with Crippen LogP contribution in [0.2, 0.25) is 0 Å². The van der Waals surface area contributed by atoms with Gasteiger partial charge < -0.3 is 10.1 Å². The predicted octanol–water partition coefficient (Wildman–Crippen LogP) is 3.34. The van der Waals surface area contributed by atoms with E-state index >= 15 is 0 Å². The third kappa shape index (κ3) is 4.65. The molecule has 0 aliphatic carbocycles. The maximum absolute atomic E-state index is 12.0. The molecule has 0 aliphatic rings. The van der Waals surface area contributed by atoms with E-state index < -0.39 is 0 Å². The Morgan fingerprint density at radius 2 is 1.80 bits per heavy atom. The molecule has 0 radical (unpaired) electrons. The quantitative estimate of drug-likeness (QED) is 0.712. The van der Waals surface area contributed by atoms with Gasteiger partial charge in [0.1, 0.15) is 30.4 Å². The van der Waals surface area contributed by atoms with Gasteiger partial charge in [-0.05, 0) is 48.5 Å². The van der Waals surface area contributed by atoms with Crippen molar-refractivity contribution in [2.24, 2.45) is 0 Å². The Morgan fingerprint density at radius 3 is 2.40 bits per heavy atom. The number of rotatable bonds is 5. The van der Waals surface area contributed by atoms with Crippen LogP contribution < -0.4 is 10.1 Å². The zero-order valence-corrected chi connectivity index (χ0v) is 14.5. The number of hydrogen-bond donors (Lipinski definition) is 1. The van der Waals surface area contributed by atoms with E-state index in [1.165, 1.54) is 11.0 Å². The third-order valence-electron chi connectivity index (χ3n) is 3.13. The summed E-state index contributed by atoms with van der Waals surface area (Å²) in [4.78, 5) is 15.7. The molecule has 2 aromatic carbocycles. The van der Waals surface area contributed by atoms with Crippen LogP contribution >= 0.6 is 15.9 Å². The molecule has 7 nitrogen and oxygen atoms in total. The molecular formula is C17H12BrN5O2. The van der Waals surface area contributed by atoms with E-state index in [1.54, 1.807) is 24.3 Å². The van der Waals surface area contributed by atoms with Gasteiger partial charge in [-0.1, -0.05) is 15.9 Å². The molecule has 1 heterocycles. The fourth-order valence-electron chi connectivity index (χ4n) is 2.01. The summed E-state index contributed by atoms with van der Waals surface area (Å²) < 4.78 is 8.00. The Labute approximate surface area is 152 Å². The Bertz CT molecular complexity index is 913. The van der Waals surface area contributed by atoms with E-state index in [4.69, 9.17) is 10.00 Å². The van der Waals surface area contributed by atoms with Gasteiger partial charge in [0.25, 0.3) is 5.82 Å². The molecule has 0 saturated heterocycles. The molecule has 1 N–H and O–H groups in total. The highest BCUT2D eigenvalue weighted by Gasteiger charge is 2.06. The summed E-state index contributed by atoms with van der Waals surface area (Å²) in [6.45, 7) is -0.0220. The topological polar surface area (TPSA) is 92.8 Å². The summed E-state index contributed by atoms with van der Waals surface area (Å²) in [6, 6.07) is 16.3. The van der Waals surface area contributed by atoms with Crippen LogP contribution in [0.25, 0.3) is 0 Å². The molecule has 3 aromatic rings. The van der Waals surface area contributed by atoms with E-state index in [-0.39, 0.29) is 18.3 Å². The Kier molecular flexibility index (Phi) is 5.06. The van der Waals surface area contributed by atoms with Crippen LogP contribution in [0, 0.1) is 11.3 Å². The molecule has 1 aromatic heterocycles. The molecular weight excluding hydrogens is 386 g/mol. The third-order valence-corrected chi connectivity index (χ3v) is 3.66. The lowest BCUT2D eigenvalue weighted by Crippen LogP contribution is -2.19. The first kappa shape index (κ1) is 16.7. The lowest BCUT2D eigenvalue weighted by Gasteiger charge is -2.08. The minimum Gasteiger partial charge on any atom is -0.457 e. The smallest absolute Gasteiger partial charge is 0.252 e. The summed E-state index contributed by atoms with van der Waals surface area (Å²) in [6.07, 6.45) is 1.34. The Balaban J connectivity index is 1.57. The second-order valence-corrected chi connectivity index (χ2v) is 5.92. The van der Waals surface area contributed by atoms with Crippen molar-refractivity contribution in [3.63, 3.8) is 0 Å². The van der Waals surface area contributed by atoms with E-state index in [2.05, 4.69) is 31.3 Å². The normalized spacial score (nSPS) is 10.1. The molecule has 0 fully saturated rings. The van der Waals surface area contributed by atoms with Crippen LogP contribution in [0.15, 0.2) is 59.3 Å². The molecule has 0 unspecified atom stereocenters. The maximum Gasteiger partial charge on any atom is 0.252 e. The van der Waals surface area contributed by atoms with Crippen LogP contribution in [0.3, 0.4) is 0 Å². The molecule has 25 heavy (non-hydrogen) atoms. The van der Waals surface area contributed by atoms with Crippen molar-refractivity contribution < 1.29 is 9.53 Å². The molecule has 0 atom stereocenters. The number of nitrogens with zero attached hydrogens (tertiary/aromatic N) is 4. The largest absolute Gasteiger partial charge is 0.457 e. The summed E-state index contributed by atoms with van der Waals surface area (Å²) in [5.74, 6) is 1.15. The molecule has 0 bridgehead atoms. The summed E-state index contributed by atoms with van der Waals surface area (Å²) in [5.41, 5.74) is 0.633. The molecule has 8 heteroatoms. The molecule has 0 spiro atoms. The predicted molar refractivity (Wildman–Crippen MR) is 94.0 cm³/mol. The summed E-state index contributed by atoms with van der Waals surface area (Å²) >= 11 is 3.37. The molecule has 1 amide bonds. The fraction of sp³-hybridized carbons (Fsp3) is 0.0588. The average Bonchev–Trinajstić information content (AvgIpc) is 3.06. The number of nitriles is 1. The fourth-order valence-corrected chi connectivity index (χ4v) is 2.28.